The van der Waals surface area contributed by atoms with E-state index in [1.807, 2.05) is 12.1 Å². The molecule has 3 heteroatoms. The summed E-state index contributed by atoms with van der Waals surface area (Å²) in [5, 5.41) is 11.1. The van der Waals surface area contributed by atoms with E-state index in [1.165, 1.54) is 25.7 Å². The third-order valence-corrected chi connectivity index (χ3v) is 5.14. The van der Waals surface area contributed by atoms with Crippen LogP contribution in [0.5, 0.6) is 0 Å². The standard InChI is InChI=1S/C17H21Cl2N/c1-2-3-13-6-8-17(12-20,9-7-13)11-14-10-15(18)4-5-16(14)19/h4-5,10,13H,2-3,6-9,11H2,1H3. The lowest BCUT2D eigenvalue weighted by molar-refractivity contribution is 0.201. The van der Waals surface area contributed by atoms with Gasteiger partial charge in [-0.05, 0) is 61.8 Å². The van der Waals surface area contributed by atoms with Crippen LogP contribution >= 0.6 is 23.2 Å². The van der Waals surface area contributed by atoms with Gasteiger partial charge in [0.15, 0.2) is 0 Å². The van der Waals surface area contributed by atoms with Crippen LogP contribution in [0.3, 0.4) is 0 Å². The highest BCUT2D eigenvalue weighted by atomic mass is 35.5. The fraction of sp³-hybridized carbons (Fsp3) is 0.588. The highest BCUT2D eigenvalue weighted by Gasteiger charge is 2.35. The number of hydrogen-bond donors (Lipinski definition) is 0. The zero-order valence-electron chi connectivity index (χ0n) is 12.0. The largest absolute Gasteiger partial charge is 0.198 e. The van der Waals surface area contributed by atoms with Gasteiger partial charge in [0.2, 0.25) is 0 Å². The summed E-state index contributed by atoms with van der Waals surface area (Å²) in [7, 11) is 0. The number of benzene rings is 1. The maximum atomic E-state index is 9.65. The normalized spacial score (nSPS) is 26.2. The summed E-state index contributed by atoms with van der Waals surface area (Å²) in [6.07, 6.45) is 7.55. The van der Waals surface area contributed by atoms with Gasteiger partial charge in [0.25, 0.3) is 0 Å². The molecule has 0 heterocycles. The molecule has 0 atom stereocenters. The minimum atomic E-state index is -0.251. The van der Waals surface area contributed by atoms with Gasteiger partial charge in [-0.1, -0.05) is 43.0 Å². The van der Waals surface area contributed by atoms with Gasteiger partial charge in [-0.15, -0.1) is 0 Å². The van der Waals surface area contributed by atoms with Crippen LogP contribution in [0.25, 0.3) is 0 Å². The molecule has 0 radical (unpaired) electrons. The zero-order valence-corrected chi connectivity index (χ0v) is 13.5. The molecule has 0 aromatic heterocycles. The van der Waals surface area contributed by atoms with Crippen molar-refractivity contribution in [2.24, 2.45) is 11.3 Å². The molecule has 1 saturated carbocycles. The molecule has 0 N–H and O–H groups in total. The van der Waals surface area contributed by atoms with Crippen LogP contribution in [0.1, 0.15) is 51.0 Å². The van der Waals surface area contributed by atoms with Crippen molar-refractivity contribution < 1.29 is 0 Å². The predicted octanol–water partition coefficient (Wildman–Crippen LogP) is 6.04. The highest BCUT2D eigenvalue weighted by molar-refractivity contribution is 6.33. The average Bonchev–Trinajstić information content (AvgIpc) is 2.45. The Labute approximate surface area is 131 Å². The molecule has 0 unspecified atom stereocenters. The number of nitriles is 1. The lowest BCUT2D eigenvalue weighted by Gasteiger charge is -2.35. The predicted molar refractivity (Wildman–Crippen MR) is 85.1 cm³/mol. The van der Waals surface area contributed by atoms with Gasteiger partial charge < -0.3 is 0 Å². The maximum absolute atomic E-state index is 9.65. The summed E-state index contributed by atoms with van der Waals surface area (Å²) < 4.78 is 0. The smallest absolute Gasteiger partial charge is 0.0693 e. The van der Waals surface area contributed by atoms with Crippen LogP contribution in [0.15, 0.2) is 18.2 Å². The molecule has 0 bridgehead atoms. The topological polar surface area (TPSA) is 23.8 Å². The summed E-state index contributed by atoms with van der Waals surface area (Å²) in [5.41, 5.74) is 0.758. The van der Waals surface area contributed by atoms with Crippen molar-refractivity contribution in [1.82, 2.24) is 0 Å². The summed E-state index contributed by atoms with van der Waals surface area (Å²) in [6.45, 7) is 2.23. The molecule has 1 aliphatic rings. The van der Waals surface area contributed by atoms with Gasteiger partial charge >= 0.3 is 0 Å². The van der Waals surface area contributed by atoms with E-state index in [9.17, 15) is 5.26 Å². The van der Waals surface area contributed by atoms with Crippen molar-refractivity contribution in [3.63, 3.8) is 0 Å². The zero-order chi connectivity index (χ0) is 14.6. The van der Waals surface area contributed by atoms with Crippen molar-refractivity contribution in [2.75, 3.05) is 0 Å². The number of hydrogen-bond acceptors (Lipinski definition) is 1. The Hall–Kier alpha value is -0.710. The van der Waals surface area contributed by atoms with Crippen molar-refractivity contribution in [2.45, 2.75) is 51.9 Å². The second-order valence-corrected chi connectivity index (χ2v) is 6.88. The van der Waals surface area contributed by atoms with Gasteiger partial charge in [0.05, 0.1) is 11.5 Å². The molecule has 0 saturated heterocycles. The van der Waals surface area contributed by atoms with E-state index in [2.05, 4.69) is 13.0 Å². The first-order valence-electron chi connectivity index (χ1n) is 7.44. The summed E-state index contributed by atoms with van der Waals surface area (Å²) in [6, 6.07) is 8.10. The van der Waals surface area contributed by atoms with E-state index in [-0.39, 0.29) is 5.41 Å². The lowest BCUT2D eigenvalue weighted by Crippen LogP contribution is -2.28. The minimum Gasteiger partial charge on any atom is -0.198 e. The second kappa shape index (κ2) is 6.83. The van der Waals surface area contributed by atoms with Gasteiger partial charge in [-0.2, -0.15) is 5.26 Å². The Kier molecular flexibility index (Phi) is 5.35. The SMILES string of the molecule is CCCC1CCC(C#N)(Cc2cc(Cl)ccc2Cl)CC1. The van der Waals surface area contributed by atoms with Gasteiger partial charge in [-0.25, -0.2) is 0 Å². The quantitative estimate of drug-likeness (QED) is 0.665. The van der Waals surface area contributed by atoms with E-state index in [1.54, 1.807) is 6.07 Å². The number of halogens is 2. The first-order valence-corrected chi connectivity index (χ1v) is 8.19. The van der Waals surface area contributed by atoms with Crippen LogP contribution in [0.2, 0.25) is 10.0 Å². The average molecular weight is 310 g/mol. The molecule has 1 aliphatic carbocycles. The third kappa shape index (κ3) is 3.68. The van der Waals surface area contributed by atoms with Crippen molar-refractivity contribution in [1.29, 1.82) is 5.26 Å². The fourth-order valence-electron chi connectivity index (χ4n) is 3.30. The fourth-order valence-corrected chi connectivity index (χ4v) is 3.68. The molecular formula is C17H21Cl2N. The van der Waals surface area contributed by atoms with Crippen LogP contribution in [0, 0.1) is 22.7 Å². The van der Waals surface area contributed by atoms with E-state index in [0.29, 0.717) is 5.02 Å². The Morgan fingerprint density at radius 3 is 2.60 bits per heavy atom. The Balaban J connectivity index is 2.10. The third-order valence-electron chi connectivity index (χ3n) is 4.53. The summed E-state index contributed by atoms with van der Waals surface area (Å²) in [4.78, 5) is 0. The van der Waals surface area contributed by atoms with Crippen LogP contribution in [-0.2, 0) is 6.42 Å². The Bertz CT molecular complexity index is 496. The molecule has 1 nitrogen and oxygen atoms in total. The van der Waals surface area contributed by atoms with Crippen LogP contribution in [0.4, 0.5) is 0 Å². The molecule has 0 amide bonds. The van der Waals surface area contributed by atoms with E-state index < -0.39 is 0 Å². The van der Waals surface area contributed by atoms with E-state index >= 15 is 0 Å². The molecule has 20 heavy (non-hydrogen) atoms. The van der Waals surface area contributed by atoms with Crippen LogP contribution in [-0.4, -0.2) is 0 Å². The van der Waals surface area contributed by atoms with Crippen molar-refractivity contribution in [3.05, 3.63) is 33.8 Å². The van der Waals surface area contributed by atoms with Gasteiger partial charge in [0, 0.05) is 10.0 Å². The molecule has 2 rings (SSSR count). The van der Waals surface area contributed by atoms with E-state index in [4.69, 9.17) is 23.2 Å². The maximum Gasteiger partial charge on any atom is 0.0693 e. The van der Waals surface area contributed by atoms with E-state index in [0.717, 1.165) is 35.8 Å². The Morgan fingerprint density at radius 2 is 2.00 bits per heavy atom. The summed E-state index contributed by atoms with van der Waals surface area (Å²) >= 11 is 12.3. The first-order chi connectivity index (χ1) is 9.58. The minimum absolute atomic E-state index is 0.251. The van der Waals surface area contributed by atoms with Gasteiger partial charge in [0.1, 0.15) is 0 Å². The van der Waals surface area contributed by atoms with Gasteiger partial charge in [-0.3, -0.25) is 0 Å². The molecule has 1 aromatic rings. The van der Waals surface area contributed by atoms with Crippen LogP contribution < -0.4 is 0 Å². The molecule has 108 valence electrons. The Morgan fingerprint density at radius 1 is 1.30 bits per heavy atom. The molecular weight excluding hydrogens is 289 g/mol. The monoisotopic (exact) mass is 309 g/mol. The molecule has 1 aromatic carbocycles. The number of rotatable bonds is 4. The lowest BCUT2D eigenvalue weighted by atomic mass is 9.67. The highest BCUT2D eigenvalue weighted by Crippen LogP contribution is 2.43. The van der Waals surface area contributed by atoms with Crippen molar-refractivity contribution >= 4 is 23.2 Å². The summed E-state index contributed by atoms with van der Waals surface area (Å²) in [5.74, 6) is 0.802. The second-order valence-electron chi connectivity index (χ2n) is 6.04. The molecule has 0 aliphatic heterocycles. The first kappa shape index (κ1) is 15.7. The molecule has 0 spiro atoms. The molecule has 1 fully saturated rings. The number of nitrogens with zero attached hydrogens (tertiary/aromatic N) is 1. The van der Waals surface area contributed by atoms with Crippen molar-refractivity contribution in [3.8, 4) is 6.07 Å².